The van der Waals surface area contributed by atoms with Gasteiger partial charge in [-0.25, -0.2) is 0 Å². The molecule has 0 amide bonds. The maximum Gasteiger partial charge on any atom is 0 e. The molecule has 0 N–H and O–H groups in total. The Balaban J connectivity index is 0. The summed E-state index contributed by atoms with van der Waals surface area (Å²) >= 11 is 0. The molecule has 0 bridgehead atoms. The van der Waals surface area contributed by atoms with Gasteiger partial charge in [0.05, 0.1) is 0 Å². The predicted octanol–water partition coefficient (Wildman–Crippen LogP) is 4.72. The summed E-state index contributed by atoms with van der Waals surface area (Å²) in [7, 11) is 0. The Bertz CT molecular complexity index is 12.5. The van der Waals surface area contributed by atoms with Crippen LogP contribution < -0.4 is 0 Å². The summed E-state index contributed by atoms with van der Waals surface area (Å²) in [5, 5.41) is 0. The normalized spacial score (nSPS) is 0. The van der Waals surface area contributed by atoms with Crippen LogP contribution in [0.4, 0.5) is 0 Å². The molecule has 0 spiro atoms. The second-order valence-electron chi connectivity index (χ2n) is 0. The molecule has 0 aliphatic heterocycles. The first-order chi connectivity index (χ1) is 0. The van der Waals surface area contributed by atoms with E-state index in [1.807, 2.05) is 0 Å². The lowest BCUT2D eigenvalue weighted by Crippen LogP contribution is 0.689. The molecule has 58 valence electrons. The van der Waals surface area contributed by atoms with E-state index in [1.165, 1.54) is 0 Å². The lowest BCUT2D eigenvalue weighted by Gasteiger charge is -0.148. The molecule has 0 saturated heterocycles. The van der Waals surface area contributed by atoms with Crippen LogP contribution in [0.5, 0.6) is 0 Å². The molecule has 0 atom stereocenters. The van der Waals surface area contributed by atoms with E-state index in [2.05, 4.69) is 0 Å². The Morgan fingerprint density at radius 2 is 0.375 bits per heavy atom. The van der Waals surface area contributed by atoms with Crippen molar-refractivity contribution in [3.05, 3.63) is 0 Å². The molecule has 8 heavy (non-hydrogen) atoms. The van der Waals surface area contributed by atoms with Crippen LogP contribution >= 0.6 is 108 Å². The minimum absolute atomic E-state index is 0. The SMILES string of the molecule is Br.Br.Br.Cl.Cl.Cl.[P].[P]. The number of halogens is 6. The van der Waals surface area contributed by atoms with Crippen LogP contribution in [0.15, 0.2) is 0 Å². The zero-order valence-electron chi connectivity index (χ0n) is 3.34. The Kier molecular flexibility index (Phi) is 1220. The number of hydrogen-bond donors (Lipinski definition) is 0. The standard InChI is InChI=1S/3BrH.3ClH.2P/h6*1H;;. The minimum Gasteiger partial charge on any atom is -0.147 e. The van der Waals surface area contributed by atoms with Gasteiger partial charge in [-0.05, 0) is 0 Å². The molecule has 0 aliphatic rings. The molecular weight excluding hydrogens is 408 g/mol. The second kappa shape index (κ2) is 85.1. The van der Waals surface area contributed by atoms with Gasteiger partial charge in [0.25, 0.3) is 0 Å². The monoisotopic (exact) mass is 410 g/mol. The second-order valence-corrected chi connectivity index (χ2v) is 0. The average molecular weight is 414 g/mol. The van der Waals surface area contributed by atoms with Gasteiger partial charge in [-0.3, -0.25) is 0 Å². The molecule has 0 saturated carbocycles. The van der Waals surface area contributed by atoms with Crippen molar-refractivity contribution in [3.8, 4) is 0 Å². The Morgan fingerprint density at radius 3 is 0.375 bits per heavy atom. The fraction of sp³-hybridized carbons (Fsp3) is 0. The topological polar surface area (TPSA) is 0 Å². The molecular formula is H6Br3Cl3P2. The van der Waals surface area contributed by atoms with Crippen molar-refractivity contribution in [2.45, 2.75) is 0 Å². The van der Waals surface area contributed by atoms with Crippen molar-refractivity contribution >= 4 is 108 Å². The van der Waals surface area contributed by atoms with E-state index < -0.39 is 0 Å². The zero-order valence-corrected chi connectivity index (χ0v) is 12.7. The van der Waals surface area contributed by atoms with E-state index in [9.17, 15) is 0 Å². The molecule has 0 nitrogen and oxygen atoms in total. The van der Waals surface area contributed by atoms with Crippen LogP contribution in [0, 0.1) is 0 Å². The van der Waals surface area contributed by atoms with Gasteiger partial charge in [-0.2, -0.15) is 0 Å². The maximum absolute atomic E-state index is 0. The fourth-order valence-electron chi connectivity index (χ4n) is 0. The van der Waals surface area contributed by atoms with E-state index >= 15 is 0 Å². The molecule has 0 fully saturated rings. The molecule has 0 rings (SSSR count). The third-order valence-electron chi connectivity index (χ3n) is 0. The molecule has 0 aromatic heterocycles. The summed E-state index contributed by atoms with van der Waals surface area (Å²) in [4.78, 5) is 0. The zero-order chi connectivity index (χ0) is 0. The molecule has 8 heteroatoms. The Hall–Kier alpha value is 3.17. The van der Waals surface area contributed by atoms with Crippen molar-refractivity contribution in [1.82, 2.24) is 0 Å². The van der Waals surface area contributed by atoms with E-state index in [-0.39, 0.29) is 108 Å². The van der Waals surface area contributed by atoms with Gasteiger partial charge in [0.15, 0.2) is 0 Å². The minimum atomic E-state index is 0. The van der Waals surface area contributed by atoms with Crippen LogP contribution in [0.1, 0.15) is 0 Å². The highest BCUT2D eigenvalue weighted by molar-refractivity contribution is 8.93. The van der Waals surface area contributed by atoms with Gasteiger partial charge in [0.2, 0.25) is 0 Å². The van der Waals surface area contributed by atoms with Crippen molar-refractivity contribution < 1.29 is 0 Å². The van der Waals surface area contributed by atoms with E-state index in [0.29, 0.717) is 0 Å². The van der Waals surface area contributed by atoms with Gasteiger partial charge in [-0.15, -0.1) is 88.2 Å². The van der Waals surface area contributed by atoms with Crippen LogP contribution in [0.2, 0.25) is 0 Å². The number of hydrogen-bond acceptors (Lipinski definition) is 0. The summed E-state index contributed by atoms with van der Waals surface area (Å²) < 4.78 is 0. The molecule has 0 aromatic rings. The first-order valence-electron chi connectivity index (χ1n) is 0. The van der Waals surface area contributed by atoms with Crippen molar-refractivity contribution in [2.75, 3.05) is 0 Å². The van der Waals surface area contributed by atoms with Gasteiger partial charge < -0.3 is 0 Å². The summed E-state index contributed by atoms with van der Waals surface area (Å²) in [5.74, 6) is 0. The Morgan fingerprint density at radius 1 is 0.375 bits per heavy atom. The Labute approximate surface area is 107 Å². The average Bonchev–Trinajstić information content (AvgIpc) is 0. The summed E-state index contributed by atoms with van der Waals surface area (Å²) in [6, 6.07) is 0. The maximum atomic E-state index is 0. The highest BCUT2D eigenvalue weighted by Crippen LogP contribution is 0.863. The van der Waals surface area contributed by atoms with Gasteiger partial charge in [0, 0.05) is 19.8 Å². The lowest BCUT2D eigenvalue weighted by atomic mass is 31.0. The summed E-state index contributed by atoms with van der Waals surface area (Å²) in [6.07, 6.45) is 0. The van der Waals surface area contributed by atoms with E-state index in [0.717, 1.165) is 0 Å². The van der Waals surface area contributed by atoms with Crippen molar-refractivity contribution in [1.29, 1.82) is 0 Å². The van der Waals surface area contributed by atoms with Crippen molar-refractivity contribution in [2.24, 2.45) is 0 Å². The van der Waals surface area contributed by atoms with E-state index in [4.69, 9.17) is 0 Å². The third kappa shape index (κ3) is 60.9. The summed E-state index contributed by atoms with van der Waals surface area (Å²) in [6.45, 7) is 0. The van der Waals surface area contributed by atoms with Crippen LogP contribution in [-0.2, 0) is 0 Å². The predicted molar refractivity (Wildman–Crippen MR) is 66.6 cm³/mol. The first kappa shape index (κ1) is 115. The fourth-order valence-corrected chi connectivity index (χ4v) is 0. The molecule has 0 unspecified atom stereocenters. The highest BCUT2D eigenvalue weighted by Gasteiger charge is 0.00110. The van der Waals surface area contributed by atoms with Gasteiger partial charge in [-0.1, -0.05) is 0 Å². The molecule has 0 aliphatic carbocycles. The smallest absolute Gasteiger partial charge is 0 e. The first-order valence-corrected chi connectivity index (χ1v) is 0. The molecule has 0 heterocycles. The lowest BCUT2D eigenvalue weighted by molar-refractivity contribution is 5.85. The summed E-state index contributed by atoms with van der Waals surface area (Å²) in [5.41, 5.74) is 0. The van der Waals surface area contributed by atoms with Crippen LogP contribution in [0.25, 0.3) is 0 Å². The number of rotatable bonds is 0. The highest BCUT2D eigenvalue weighted by atomic mass is 79.9. The van der Waals surface area contributed by atoms with Gasteiger partial charge in [0.1, 0.15) is 0 Å². The van der Waals surface area contributed by atoms with Crippen molar-refractivity contribution in [3.63, 3.8) is 0 Å². The third-order valence-corrected chi connectivity index (χ3v) is 0. The molecule has 0 aromatic carbocycles. The van der Waals surface area contributed by atoms with Crippen LogP contribution in [0.3, 0.4) is 0 Å². The van der Waals surface area contributed by atoms with Crippen LogP contribution in [-0.4, -0.2) is 0 Å². The largest absolute Gasteiger partial charge is 0.147 e. The van der Waals surface area contributed by atoms with E-state index in [1.54, 1.807) is 0 Å². The quantitative estimate of drug-likeness (QED) is 0.504. The van der Waals surface area contributed by atoms with Gasteiger partial charge >= 0.3 is 0 Å². The molecule has 6 radical (unpaired) electrons.